The monoisotopic (exact) mass is 308 g/mol. The number of aliphatic carboxylic acids is 1. The third kappa shape index (κ3) is 5.99. The van der Waals surface area contributed by atoms with Crippen LogP contribution in [-0.2, 0) is 4.79 Å². The SMILES string of the molecule is O=C(Nc1ccc(OC(F)(F)F)cc1)NC(CO)C(=O)O. The van der Waals surface area contributed by atoms with Crippen LogP contribution in [0.1, 0.15) is 0 Å². The summed E-state index contributed by atoms with van der Waals surface area (Å²) in [7, 11) is 0. The lowest BCUT2D eigenvalue weighted by Crippen LogP contribution is -2.45. The molecule has 1 aromatic carbocycles. The number of carboxylic acids is 1. The number of rotatable bonds is 5. The smallest absolute Gasteiger partial charge is 0.480 e. The number of urea groups is 1. The number of benzene rings is 1. The predicted molar refractivity (Wildman–Crippen MR) is 63.8 cm³/mol. The van der Waals surface area contributed by atoms with Crippen molar-refractivity contribution in [2.75, 3.05) is 11.9 Å². The average molecular weight is 308 g/mol. The van der Waals surface area contributed by atoms with E-state index in [2.05, 4.69) is 10.1 Å². The van der Waals surface area contributed by atoms with Gasteiger partial charge in [0.15, 0.2) is 6.04 Å². The number of hydrogen-bond donors (Lipinski definition) is 4. The third-order valence-electron chi connectivity index (χ3n) is 2.13. The maximum atomic E-state index is 11.9. The fourth-order valence-corrected chi connectivity index (χ4v) is 1.25. The number of ether oxygens (including phenoxy) is 1. The van der Waals surface area contributed by atoms with Crippen molar-refractivity contribution in [3.63, 3.8) is 0 Å². The molecule has 0 radical (unpaired) electrons. The summed E-state index contributed by atoms with van der Waals surface area (Å²) in [5.74, 6) is -1.89. The van der Waals surface area contributed by atoms with Crippen LogP contribution in [0, 0.1) is 0 Å². The van der Waals surface area contributed by atoms with E-state index in [9.17, 15) is 22.8 Å². The first-order valence-electron chi connectivity index (χ1n) is 5.48. The second-order valence-electron chi connectivity index (χ2n) is 3.74. The molecule has 0 saturated heterocycles. The lowest BCUT2D eigenvalue weighted by atomic mass is 10.3. The van der Waals surface area contributed by atoms with Gasteiger partial charge in [-0.15, -0.1) is 13.2 Å². The standard InChI is InChI=1S/C11H11F3N2O5/c12-11(13,14)21-7-3-1-6(2-4-7)15-10(20)16-8(5-17)9(18)19/h1-4,8,17H,5H2,(H,18,19)(H2,15,16,20). The fraction of sp³-hybridized carbons (Fsp3) is 0.273. The van der Waals surface area contributed by atoms with Gasteiger partial charge < -0.3 is 25.6 Å². The van der Waals surface area contributed by atoms with E-state index in [4.69, 9.17) is 10.2 Å². The number of aliphatic hydroxyl groups excluding tert-OH is 1. The Labute approximate surface area is 116 Å². The van der Waals surface area contributed by atoms with Crippen molar-refractivity contribution in [1.82, 2.24) is 5.32 Å². The topological polar surface area (TPSA) is 108 Å². The highest BCUT2D eigenvalue weighted by molar-refractivity contribution is 5.92. The Bertz CT molecular complexity index is 504. The fourth-order valence-electron chi connectivity index (χ4n) is 1.25. The second-order valence-corrected chi connectivity index (χ2v) is 3.74. The van der Waals surface area contributed by atoms with Gasteiger partial charge in [0.25, 0.3) is 0 Å². The van der Waals surface area contributed by atoms with Crippen molar-refractivity contribution in [3.05, 3.63) is 24.3 Å². The molecule has 0 fully saturated rings. The molecule has 0 saturated carbocycles. The van der Waals surface area contributed by atoms with E-state index < -0.39 is 36.8 Å². The van der Waals surface area contributed by atoms with Crippen LogP contribution in [0.25, 0.3) is 0 Å². The van der Waals surface area contributed by atoms with Crippen LogP contribution >= 0.6 is 0 Å². The molecule has 2 amide bonds. The van der Waals surface area contributed by atoms with Crippen LogP contribution in [0.15, 0.2) is 24.3 Å². The van der Waals surface area contributed by atoms with E-state index in [1.165, 1.54) is 0 Å². The molecule has 1 unspecified atom stereocenters. The molecule has 1 rings (SSSR count). The lowest BCUT2D eigenvalue weighted by molar-refractivity contribution is -0.274. The minimum atomic E-state index is -4.82. The van der Waals surface area contributed by atoms with E-state index in [1.54, 1.807) is 0 Å². The molecule has 7 nitrogen and oxygen atoms in total. The molecule has 4 N–H and O–H groups in total. The summed E-state index contributed by atoms with van der Waals surface area (Å²) >= 11 is 0. The van der Waals surface area contributed by atoms with Crippen LogP contribution in [0.3, 0.4) is 0 Å². The summed E-state index contributed by atoms with van der Waals surface area (Å²) in [6, 6.07) is 1.80. The van der Waals surface area contributed by atoms with Gasteiger partial charge in [-0.2, -0.15) is 0 Å². The summed E-state index contributed by atoms with van der Waals surface area (Å²) < 4.78 is 39.4. The first-order valence-corrected chi connectivity index (χ1v) is 5.48. The molecule has 116 valence electrons. The van der Waals surface area contributed by atoms with Gasteiger partial charge in [-0.05, 0) is 24.3 Å². The van der Waals surface area contributed by atoms with Gasteiger partial charge in [0.2, 0.25) is 0 Å². The average Bonchev–Trinajstić information content (AvgIpc) is 2.36. The Balaban J connectivity index is 2.59. The maximum absolute atomic E-state index is 11.9. The van der Waals surface area contributed by atoms with Gasteiger partial charge in [-0.1, -0.05) is 0 Å². The number of halogens is 3. The zero-order valence-electron chi connectivity index (χ0n) is 10.3. The van der Waals surface area contributed by atoms with E-state index in [0.29, 0.717) is 0 Å². The van der Waals surface area contributed by atoms with Crippen LogP contribution in [0.5, 0.6) is 5.75 Å². The van der Waals surface area contributed by atoms with Crippen molar-refractivity contribution in [3.8, 4) is 5.75 Å². The predicted octanol–water partition coefficient (Wildman–Crippen LogP) is 1.15. The highest BCUT2D eigenvalue weighted by Crippen LogP contribution is 2.23. The molecule has 1 aromatic rings. The highest BCUT2D eigenvalue weighted by Gasteiger charge is 2.31. The van der Waals surface area contributed by atoms with Gasteiger partial charge in [-0.3, -0.25) is 0 Å². The Morgan fingerprint density at radius 2 is 1.81 bits per heavy atom. The molecule has 1 atom stereocenters. The largest absolute Gasteiger partial charge is 0.573 e. The van der Waals surface area contributed by atoms with Crippen LogP contribution < -0.4 is 15.4 Å². The molecule has 0 aliphatic rings. The molecule has 10 heteroatoms. The molecule has 0 bridgehead atoms. The number of carbonyl (C=O) groups is 2. The van der Waals surface area contributed by atoms with Crippen molar-refractivity contribution >= 4 is 17.7 Å². The van der Waals surface area contributed by atoms with Gasteiger partial charge in [0, 0.05) is 5.69 Å². The molecule has 0 heterocycles. The number of anilines is 1. The zero-order valence-corrected chi connectivity index (χ0v) is 10.3. The minimum absolute atomic E-state index is 0.115. The maximum Gasteiger partial charge on any atom is 0.573 e. The zero-order chi connectivity index (χ0) is 16.0. The van der Waals surface area contributed by atoms with E-state index in [0.717, 1.165) is 24.3 Å². The summed E-state index contributed by atoms with van der Waals surface area (Å²) in [4.78, 5) is 22.0. The first-order chi connectivity index (χ1) is 9.71. The van der Waals surface area contributed by atoms with E-state index in [-0.39, 0.29) is 5.69 Å². The first kappa shape index (κ1) is 16.6. The molecule has 0 aliphatic carbocycles. The molecule has 0 aromatic heterocycles. The van der Waals surface area contributed by atoms with Crippen LogP contribution in [0.4, 0.5) is 23.7 Å². The Morgan fingerprint density at radius 3 is 2.24 bits per heavy atom. The summed E-state index contributed by atoms with van der Waals surface area (Å²) in [6.07, 6.45) is -4.82. The number of carbonyl (C=O) groups excluding carboxylic acids is 1. The van der Waals surface area contributed by atoms with Gasteiger partial charge >= 0.3 is 18.4 Å². The Morgan fingerprint density at radius 1 is 1.24 bits per heavy atom. The van der Waals surface area contributed by atoms with Gasteiger partial charge in [0.1, 0.15) is 5.75 Å². The molecule has 21 heavy (non-hydrogen) atoms. The van der Waals surface area contributed by atoms with Crippen molar-refractivity contribution in [1.29, 1.82) is 0 Å². The molecule has 0 aliphatic heterocycles. The summed E-state index contributed by atoms with van der Waals surface area (Å²) in [5, 5.41) is 21.5. The number of alkyl halides is 3. The van der Waals surface area contributed by atoms with Crippen molar-refractivity contribution in [2.24, 2.45) is 0 Å². The Hall–Kier alpha value is -2.49. The number of nitrogens with one attached hydrogen (secondary N) is 2. The normalized spacial score (nSPS) is 12.4. The van der Waals surface area contributed by atoms with Crippen LogP contribution in [-0.4, -0.2) is 41.2 Å². The van der Waals surface area contributed by atoms with E-state index in [1.807, 2.05) is 5.32 Å². The van der Waals surface area contributed by atoms with Crippen LogP contribution in [0.2, 0.25) is 0 Å². The summed E-state index contributed by atoms with van der Waals surface area (Å²) in [5.41, 5.74) is 0.115. The van der Waals surface area contributed by atoms with Crippen molar-refractivity contribution < 1.29 is 37.7 Å². The van der Waals surface area contributed by atoms with Gasteiger partial charge in [-0.25, -0.2) is 9.59 Å². The minimum Gasteiger partial charge on any atom is -0.480 e. The third-order valence-corrected chi connectivity index (χ3v) is 2.13. The van der Waals surface area contributed by atoms with Crippen molar-refractivity contribution in [2.45, 2.75) is 12.4 Å². The number of aliphatic hydroxyl groups is 1. The van der Waals surface area contributed by atoms with E-state index >= 15 is 0 Å². The van der Waals surface area contributed by atoms with Gasteiger partial charge in [0.05, 0.1) is 6.61 Å². The Kier molecular flexibility index (Phi) is 5.36. The number of carboxylic acid groups (broad SMARTS) is 1. The number of amides is 2. The second kappa shape index (κ2) is 6.79. The molecular formula is C11H11F3N2O5. The molecule has 0 spiro atoms. The number of hydrogen-bond acceptors (Lipinski definition) is 4. The summed E-state index contributed by atoms with van der Waals surface area (Å²) in [6.45, 7) is -0.804. The highest BCUT2D eigenvalue weighted by atomic mass is 19.4. The molecular weight excluding hydrogens is 297 g/mol. The lowest BCUT2D eigenvalue weighted by Gasteiger charge is -2.13. The quantitative estimate of drug-likeness (QED) is 0.652.